The average molecular weight is 262 g/mol. The third-order valence-corrected chi connectivity index (χ3v) is 3.68. The van der Waals surface area contributed by atoms with Gasteiger partial charge in [0.25, 0.3) is 5.91 Å². The Labute approximate surface area is 109 Å². The number of benzene rings is 1. The maximum Gasteiger partial charge on any atom is 0.251 e. The summed E-state index contributed by atoms with van der Waals surface area (Å²) in [6.45, 7) is 4.40. The minimum atomic E-state index is -0.166. The van der Waals surface area contributed by atoms with Crippen LogP contribution in [0.4, 0.5) is 0 Å². The van der Waals surface area contributed by atoms with Gasteiger partial charge in [0.15, 0.2) is 0 Å². The smallest absolute Gasteiger partial charge is 0.251 e. The van der Waals surface area contributed by atoms with Crippen LogP contribution in [0.15, 0.2) is 24.3 Å². The molecule has 0 fully saturated rings. The summed E-state index contributed by atoms with van der Waals surface area (Å²) in [5.41, 5.74) is 1.53. The lowest BCUT2D eigenvalue weighted by Crippen LogP contribution is -2.22. The van der Waals surface area contributed by atoms with Crippen molar-refractivity contribution >= 4 is 17.2 Å². The number of nitrogens with one attached hydrogen (secondary N) is 1. The summed E-state index contributed by atoms with van der Waals surface area (Å²) in [5, 5.41) is 12.8. The molecule has 5 heteroatoms. The number of carbonyl (C=O) groups excluding carboxylic acids is 1. The molecule has 2 N–H and O–H groups in total. The number of aromatic hydroxyl groups is 1. The Balaban J connectivity index is 1.98. The molecule has 0 radical (unpaired) electrons. The molecule has 0 bridgehead atoms. The molecule has 2 aromatic rings. The number of aryl methyl sites for hydroxylation is 2. The van der Waals surface area contributed by atoms with E-state index in [1.807, 2.05) is 13.8 Å². The molecule has 4 nitrogen and oxygen atoms in total. The van der Waals surface area contributed by atoms with Gasteiger partial charge in [0.05, 0.1) is 12.2 Å². The van der Waals surface area contributed by atoms with Crippen LogP contribution in [0.1, 0.15) is 25.9 Å². The number of rotatable bonds is 3. The average Bonchev–Trinajstić information content (AvgIpc) is 2.67. The normalized spacial score (nSPS) is 10.3. The van der Waals surface area contributed by atoms with Gasteiger partial charge in [-0.1, -0.05) is 0 Å². The number of aromatic nitrogens is 1. The summed E-state index contributed by atoms with van der Waals surface area (Å²) < 4.78 is 0. The fourth-order valence-corrected chi connectivity index (χ4v) is 2.36. The SMILES string of the molecule is Cc1nc(CNC(=O)c2ccc(O)cc2)sc1C. The van der Waals surface area contributed by atoms with Crippen molar-refractivity contribution in [2.45, 2.75) is 20.4 Å². The Bertz CT molecular complexity index is 541. The second kappa shape index (κ2) is 5.18. The van der Waals surface area contributed by atoms with Crippen LogP contribution >= 0.6 is 11.3 Å². The first-order chi connectivity index (χ1) is 8.56. The Morgan fingerprint density at radius 1 is 1.33 bits per heavy atom. The van der Waals surface area contributed by atoms with Gasteiger partial charge in [0.2, 0.25) is 0 Å². The molecule has 0 saturated carbocycles. The molecular formula is C13H14N2O2S. The summed E-state index contributed by atoms with van der Waals surface area (Å²) in [5.74, 6) is -0.0155. The van der Waals surface area contributed by atoms with E-state index in [0.29, 0.717) is 12.1 Å². The zero-order valence-corrected chi connectivity index (χ0v) is 11.0. The van der Waals surface area contributed by atoms with Crippen molar-refractivity contribution in [2.24, 2.45) is 0 Å². The maximum absolute atomic E-state index is 11.8. The van der Waals surface area contributed by atoms with Crippen LogP contribution in [0.25, 0.3) is 0 Å². The molecule has 0 aliphatic heterocycles. The highest BCUT2D eigenvalue weighted by Gasteiger charge is 2.07. The van der Waals surface area contributed by atoms with E-state index in [2.05, 4.69) is 10.3 Å². The molecule has 0 saturated heterocycles. The van der Waals surface area contributed by atoms with Crippen molar-refractivity contribution < 1.29 is 9.90 Å². The molecule has 2 rings (SSSR count). The van der Waals surface area contributed by atoms with Crippen LogP contribution in [0.3, 0.4) is 0 Å². The molecule has 18 heavy (non-hydrogen) atoms. The number of phenols is 1. The van der Waals surface area contributed by atoms with Gasteiger partial charge in [0.1, 0.15) is 10.8 Å². The van der Waals surface area contributed by atoms with E-state index in [0.717, 1.165) is 10.7 Å². The summed E-state index contributed by atoms with van der Waals surface area (Å²) in [4.78, 5) is 17.3. The molecule has 0 aliphatic rings. The number of amides is 1. The highest BCUT2D eigenvalue weighted by molar-refractivity contribution is 7.11. The third-order valence-electron chi connectivity index (χ3n) is 2.60. The van der Waals surface area contributed by atoms with Crippen molar-refractivity contribution in [1.29, 1.82) is 0 Å². The maximum atomic E-state index is 11.8. The molecule has 1 aromatic carbocycles. The molecule has 0 spiro atoms. The van der Waals surface area contributed by atoms with Gasteiger partial charge in [-0.15, -0.1) is 11.3 Å². The quantitative estimate of drug-likeness (QED) is 0.892. The predicted octanol–water partition coefficient (Wildman–Crippen LogP) is 2.40. The van der Waals surface area contributed by atoms with Gasteiger partial charge < -0.3 is 10.4 Å². The second-order valence-corrected chi connectivity index (χ2v) is 5.27. The molecule has 1 heterocycles. The lowest BCUT2D eigenvalue weighted by atomic mass is 10.2. The number of carbonyl (C=O) groups is 1. The van der Waals surface area contributed by atoms with E-state index in [4.69, 9.17) is 5.11 Å². The number of hydrogen-bond donors (Lipinski definition) is 2. The van der Waals surface area contributed by atoms with Gasteiger partial charge in [-0.25, -0.2) is 4.98 Å². The molecule has 1 aromatic heterocycles. The van der Waals surface area contributed by atoms with Gasteiger partial charge in [-0.2, -0.15) is 0 Å². The lowest BCUT2D eigenvalue weighted by molar-refractivity contribution is 0.0951. The fourth-order valence-electron chi connectivity index (χ4n) is 1.49. The minimum Gasteiger partial charge on any atom is -0.508 e. The van der Waals surface area contributed by atoms with Gasteiger partial charge in [0, 0.05) is 10.4 Å². The molecule has 0 atom stereocenters. The Kier molecular flexibility index (Phi) is 3.62. The highest BCUT2D eigenvalue weighted by atomic mass is 32.1. The van der Waals surface area contributed by atoms with Crippen molar-refractivity contribution in [2.75, 3.05) is 0 Å². The van der Waals surface area contributed by atoms with Crippen LogP contribution in [-0.2, 0) is 6.54 Å². The minimum absolute atomic E-state index is 0.151. The van der Waals surface area contributed by atoms with E-state index < -0.39 is 0 Å². The van der Waals surface area contributed by atoms with Crippen LogP contribution in [-0.4, -0.2) is 16.0 Å². The largest absolute Gasteiger partial charge is 0.508 e. The third kappa shape index (κ3) is 2.87. The fraction of sp³-hybridized carbons (Fsp3) is 0.231. The monoisotopic (exact) mass is 262 g/mol. The Morgan fingerprint density at radius 2 is 2.00 bits per heavy atom. The van der Waals surface area contributed by atoms with Gasteiger partial charge in [-0.3, -0.25) is 4.79 Å². The summed E-state index contributed by atoms with van der Waals surface area (Å²) in [6, 6.07) is 6.16. The highest BCUT2D eigenvalue weighted by Crippen LogP contribution is 2.16. The van der Waals surface area contributed by atoms with Gasteiger partial charge >= 0.3 is 0 Å². The van der Waals surface area contributed by atoms with Crippen LogP contribution in [0, 0.1) is 13.8 Å². The number of thiazole rings is 1. The lowest BCUT2D eigenvalue weighted by Gasteiger charge is -2.03. The second-order valence-electron chi connectivity index (χ2n) is 3.98. The van der Waals surface area contributed by atoms with Crippen LogP contribution in [0.5, 0.6) is 5.75 Å². The van der Waals surface area contributed by atoms with Crippen LogP contribution < -0.4 is 5.32 Å². The first-order valence-corrected chi connectivity index (χ1v) is 6.38. The zero-order chi connectivity index (χ0) is 13.1. The molecule has 0 aliphatic carbocycles. The summed E-state index contributed by atoms with van der Waals surface area (Å²) in [6.07, 6.45) is 0. The van der Waals surface area contributed by atoms with Crippen LogP contribution in [0.2, 0.25) is 0 Å². The Morgan fingerprint density at radius 3 is 2.56 bits per heavy atom. The summed E-state index contributed by atoms with van der Waals surface area (Å²) >= 11 is 1.59. The standard InChI is InChI=1S/C13H14N2O2S/c1-8-9(2)18-12(15-8)7-14-13(17)10-3-5-11(16)6-4-10/h3-6,16H,7H2,1-2H3,(H,14,17). The van der Waals surface area contributed by atoms with Crippen molar-refractivity contribution in [1.82, 2.24) is 10.3 Å². The molecular weight excluding hydrogens is 248 g/mol. The molecule has 94 valence electrons. The van der Waals surface area contributed by atoms with E-state index in [9.17, 15) is 4.79 Å². The molecule has 1 amide bonds. The first kappa shape index (κ1) is 12.6. The number of phenolic OH excluding ortho intramolecular Hbond substituents is 1. The number of nitrogens with zero attached hydrogens (tertiary/aromatic N) is 1. The Hall–Kier alpha value is -1.88. The van der Waals surface area contributed by atoms with Gasteiger partial charge in [-0.05, 0) is 38.1 Å². The van der Waals surface area contributed by atoms with Crippen molar-refractivity contribution in [3.8, 4) is 5.75 Å². The van der Waals surface area contributed by atoms with Crippen molar-refractivity contribution in [3.63, 3.8) is 0 Å². The van der Waals surface area contributed by atoms with E-state index in [-0.39, 0.29) is 11.7 Å². The van der Waals surface area contributed by atoms with E-state index in [1.54, 1.807) is 23.5 Å². The summed E-state index contributed by atoms with van der Waals surface area (Å²) in [7, 11) is 0. The number of hydrogen-bond acceptors (Lipinski definition) is 4. The topological polar surface area (TPSA) is 62.2 Å². The predicted molar refractivity (Wildman–Crippen MR) is 70.9 cm³/mol. The van der Waals surface area contributed by atoms with E-state index >= 15 is 0 Å². The molecule has 0 unspecified atom stereocenters. The van der Waals surface area contributed by atoms with E-state index in [1.165, 1.54) is 17.0 Å². The zero-order valence-electron chi connectivity index (χ0n) is 10.2. The first-order valence-electron chi connectivity index (χ1n) is 5.56. The van der Waals surface area contributed by atoms with Crippen molar-refractivity contribution in [3.05, 3.63) is 45.4 Å².